The van der Waals surface area contributed by atoms with Crippen LogP contribution in [0.3, 0.4) is 0 Å². The summed E-state index contributed by atoms with van der Waals surface area (Å²) in [6, 6.07) is -0.233. The molecule has 1 atom stereocenters. The molecule has 2 N–H and O–H groups in total. The molecule has 0 bridgehead atoms. The van der Waals surface area contributed by atoms with Crippen LogP contribution >= 0.6 is 0 Å². The van der Waals surface area contributed by atoms with Gasteiger partial charge in [0, 0.05) is 13.5 Å². The number of nitrogens with one attached hydrogen (secondary N) is 2. The molecule has 1 saturated heterocycles. The predicted octanol–water partition coefficient (Wildman–Crippen LogP) is -0.675. The first kappa shape index (κ1) is 18.3. The van der Waals surface area contributed by atoms with Crippen LogP contribution in [0.2, 0.25) is 0 Å². The van der Waals surface area contributed by atoms with E-state index in [1.807, 2.05) is 0 Å². The van der Waals surface area contributed by atoms with Crippen molar-refractivity contribution in [3.63, 3.8) is 0 Å². The van der Waals surface area contributed by atoms with Crippen LogP contribution in [0.5, 0.6) is 0 Å². The van der Waals surface area contributed by atoms with Crippen LogP contribution in [0.1, 0.15) is 37.2 Å². The highest BCUT2D eigenvalue weighted by Crippen LogP contribution is 2.30. The van der Waals surface area contributed by atoms with Crippen LogP contribution in [-0.2, 0) is 26.2 Å². The van der Waals surface area contributed by atoms with Gasteiger partial charge in [-0.25, -0.2) is 13.1 Å². The van der Waals surface area contributed by atoms with E-state index in [0.717, 1.165) is 19.1 Å². The van der Waals surface area contributed by atoms with Crippen molar-refractivity contribution < 1.29 is 18.0 Å². The Balaban J connectivity index is 2.08. The minimum atomic E-state index is -3.42. The second-order valence-electron chi connectivity index (χ2n) is 5.68. The standard InChI is InChI=1S/C14H21N5O4S/c1-10(20)16-7-11-6-15-8-12(18-11)13-4-3-5-19(13)14(21)9-17-24(2,22)23/h6,8,13,17H,3-5,7,9H2,1-2H3,(H,16,20)/t13-/m0/s1. The Hall–Kier alpha value is -2.07. The molecule has 24 heavy (non-hydrogen) atoms. The Bertz CT molecular complexity index is 722. The van der Waals surface area contributed by atoms with Crippen molar-refractivity contribution in [2.75, 3.05) is 19.3 Å². The maximum atomic E-state index is 12.3. The van der Waals surface area contributed by atoms with Crippen LogP contribution in [0.25, 0.3) is 0 Å². The lowest BCUT2D eigenvalue weighted by molar-refractivity contribution is -0.131. The summed E-state index contributed by atoms with van der Waals surface area (Å²) in [4.78, 5) is 33.5. The summed E-state index contributed by atoms with van der Waals surface area (Å²) in [5.41, 5.74) is 1.25. The Morgan fingerprint density at radius 2 is 2.12 bits per heavy atom. The van der Waals surface area contributed by atoms with E-state index in [9.17, 15) is 18.0 Å². The lowest BCUT2D eigenvalue weighted by Gasteiger charge is -2.24. The number of hydrogen-bond acceptors (Lipinski definition) is 6. The highest BCUT2D eigenvalue weighted by Gasteiger charge is 2.31. The zero-order valence-electron chi connectivity index (χ0n) is 13.7. The molecule has 0 radical (unpaired) electrons. The number of likely N-dealkylation sites (tertiary alicyclic amines) is 1. The van der Waals surface area contributed by atoms with Crippen LogP contribution in [0, 0.1) is 0 Å². The zero-order chi connectivity index (χ0) is 17.7. The molecule has 1 aromatic rings. The first-order valence-electron chi connectivity index (χ1n) is 7.55. The van der Waals surface area contributed by atoms with Gasteiger partial charge in [0.1, 0.15) is 0 Å². The van der Waals surface area contributed by atoms with E-state index in [4.69, 9.17) is 0 Å². The summed E-state index contributed by atoms with van der Waals surface area (Å²) in [7, 11) is -3.42. The topological polar surface area (TPSA) is 121 Å². The van der Waals surface area contributed by atoms with E-state index in [1.54, 1.807) is 17.3 Å². The second-order valence-corrected chi connectivity index (χ2v) is 7.52. The van der Waals surface area contributed by atoms with Gasteiger partial charge in [0.25, 0.3) is 0 Å². The third-order valence-electron chi connectivity index (χ3n) is 3.62. The van der Waals surface area contributed by atoms with Gasteiger partial charge >= 0.3 is 0 Å². The summed E-state index contributed by atoms with van der Waals surface area (Å²) in [5.74, 6) is -0.455. The van der Waals surface area contributed by atoms with Gasteiger partial charge in [-0.2, -0.15) is 0 Å². The highest BCUT2D eigenvalue weighted by atomic mass is 32.2. The van der Waals surface area contributed by atoms with Crippen molar-refractivity contribution in [3.8, 4) is 0 Å². The molecule has 1 aromatic heterocycles. The summed E-state index contributed by atoms with van der Waals surface area (Å²) in [6.45, 7) is 1.97. The average molecular weight is 355 g/mol. The molecule has 0 spiro atoms. The fraction of sp³-hybridized carbons (Fsp3) is 0.571. The van der Waals surface area contributed by atoms with Gasteiger partial charge in [-0.05, 0) is 12.8 Å². The molecule has 1 aliphatic heterocycles. The van der Waals surface area contributed by atoms with E-state index < -0.39 is 10.0 Å². The smallest absolute Gasteiger partial charge is 0.238 e. The van der Waals surface area contributed by atoms with E-state index >= 15 is 0 Å². The number of carbonyl (C=O) groups is 2. The monoisotopic (exact) mass is 355 g/mol. The molecular weight excluding hydrogens is 334 g/mol. The predicted molar refractivity (Wildman–Crippen MR) is 86.1 cm³/mol. The molecule has 10 heteroatoms. The highest BCUT2D eigenvalue weighted by molar-refractivity contribution is 7.88. The second kappa shape index (κ2) is 7.67. The summed E-state index contributed by atoms with van der Waals surface area (Å²) >= 11 is 0. The van der Waals surface area contributed by atoms with Crippen molar-refractivity contribution >= 4 is 21.8 Å². The molecule has 1 fully saturated rings. The van der Waals surface area contributed by atoms with Gasteiger partial charge < -0.3 is 10.2 Å². The number of amides is 2. The van der Waals surface area contributed by atoms with Crippen molar-refractivity contribution in [3.05, 3.63) is 23.8 Å². The molecule has 0 aromatic carbocycles. The van der Waals surface area contributed by atoms with E-state index in [2.05, 4.69) is 20.0 Å². The largest absolute Gasteiger partial charge is 0.351 e. The van der Waals surface area contributed by atoms with Crippen molar-refractivity contribution in [2.45, 2.75) is 32.4 Å². The summed E-state index contributed by atoms with van der Waals surface area (Å²) < 4.78 is 24.5. The maximum absolute atomic E-state index is 12.3. The normalized spacial score (nSPS) is 17.8. The van der Waals surface area contributed by atoms with Gasteiger partial charge in [-0.3, -0.25) is 19.6 Å². The van der Waals surface area contributed by atoms with Crippen LogP contribution < -0.4 is 10.0 Å². The SMILES string of the molecule is CC(=O)NCc1cncc([C@@H]2CCCN2C(=O)CNS(C)(=O)=O)n1. The van der Waals surface area contributed by atoms with Crippen molar-refractivity contribution in [1.82, 2.24) is 24.9 Å². The molecular formula is C14H21N5O4S. The minimum Gasteiger partial charge on any atom is -0.351 e. The third-order valence-corrected chi connectivity index (χ3v) is 4.29. The molecule has 0 unspecified atom stereocenters. The van der Waals surface area contributed by atoms with Crippen LogP contribution in [0.15, 0.2) is 12.4 Å². The van der Waals surface area contributed by atoms with Crippen molar-refractivity contribution in [1.29, 1.82) is 0 Å². The molecule has 132 valence electrons. The summed E-state index contributed by atoms with van der Waals surface area (Å²) in [6.07, 6.45) is 5.72. The number of aromatic nitrogens is 2. The Morgan fingerprint density at radius 1 is 1.38 bits per heavy atom. The fourth-order valence-corrected chi connectivity index (χ4v) is 2.94. The lowest BCUT2D eigenvalue weighted by Crippen LogP contribution is -2.39. The number of hydrogen-bond donors (Lipinski definition) is 2. The first-order valence-corrected chi connectivity index (χ1v) is 9.45. The van der Waals surface area contributed by atoms with Gasteiger partial charge in [0.05, 0.1) is 49.2 Å². The van der Waals surface area contributed by atoms with Gasteiger partial charge in [0.2, 0.25) is 21.8 Å². The Kier molecular flexibility index (Phi) is 5.84. The minimum absolute atomic E-state index is 0.160. The molecule has 2 amide bonds. The number of rotatable bonds is 6. The van der Waals surface area contributed by atoms with E-state index in [-0.39, 0.29) is 30.9 Å². The molecule has 0 aliphatic carbocycles. The third kappa shape index (κ3) is 5.24. The average Bonchev–Trinajstić information content (AvgIpc) is 3.00. The number of sulfonamides is 1. The molecule has 2 heterocycles. The first-order chi connectivity index (χ1) is 11.3. The van der Waals surface area contributed by atoms with E-state index in [1.165, 1.54) is 6.92 Å². The van der Waals surface area contributed by atoms with Gasteiger partial charge in [-0.1, -0.05) is 0 Å². The molecule has 1 aliphatic rings. The Labute approximate surface area is 140 Å². The number of nitrogens with zero attached hydrogens (tertiary/aromatic N) is 3. The van der Waals surface area contributed by atoms with Gasteiger partial charge in [-0.15, -0.1) is 0 Å². The zero-order valence-corrected chi connectivity index (χ0v) is 14.5. The summed E-state index contributed by atoms with van der Waals surface area (Å²) in [5, 5.41) is 2.65. The van der Waals surface area contributed by atoms with Crippen molar-refractivity contribution in [2.24, 2.45) is 0 Å². The fourth-order valence-electron chi connectivity index (χ4n) is 2.55. The molecule has 9 nitrogen and oxygen atoms in total. The van der Waals surface area contributed by atoms with E-state index in [0.29, 0.717) is 17.9 Å². The number of carbonyl (C=O) groups excluding carboxylic acids is 2. The maximum Gasteiger partial charge on any atom is 0.238 e. The lowest BCUT2D eigenvalue weighted by atomic mass is 10.1. The molecule has 2 rings (SSSR count). The quantitative estimate of drug-likeness (QED) is 0.698. The Morgan fingerprint density at radius 3 is 2.79 bits per heavy atom. The molecule has 0 saturated carbocycles. The van der Waals surface area contributed by atoms with Gasteiger partial charge in [0.15, 0.2) is 0 Å². The van der Waals surface area contributed by atoms with Crippen LogP contribution in [-0.4, -0.2) is 54.4 Å². The van der Waals surface area contributed by atoms with Crippen LogP contribution in [0.4, 0.5) is 0 Å².